The average Bonchev–Trinajstić information content (AvgIpc) is 2.84. The Labute approximate surface area is 137 Å². The molecule has 2 aliphatic rings. The minimum absolute atomic E-state index is 0.246. The smallest absolute Gasteiger partial charge is 0.173 e. The van der Waals surface area contributed by atoms with Crippen LogP contribution in [0.25, 0.3) is 0 Å². The number of hydrogen-bond acceptors (Lipinski definition) is 2. The second kappa shape index (κ2) is 6.38. The Morgan fingerprint density at radius 1 is 1.41 bits per heavy atom. The van der Waals surface area contributed by atoms with Crippen molar-refractivity contribution in [3.8, 4) is 0 Å². The van der Waals surface area contributed by atoms with Crippen molar-refractivity contribution in [2.45, 2.75) is 37.0 Å². The average molecular weight is 337 g/mol. The number of nitrogens with zero attached hydrogens (tertiary/aromatic N) is 1. The fourth-order valence-electron chi connectivity index (χ4n) is 2.99. The quantitative estimate of drug-likeness (QED) is 0.636. The molecule has 3 N–H and O–H groups in total. The Kier molecular flexibility index (Phi) is 4.49. The molecule has 0 bridgehead atoms. The van der Waals surface area contributed by atoms with Gasteiger partial charge in [0, 0.05) is 10.6 Å². The molecule has 0 saturated carbocycles. The molecule has 22 heavy (non-hydrogen) atoms. The Balaban J connectivity index is 1.87. The molecule has 0 aromatic heterocycles. The number of fused-ring (bicyclic) bond motifs is 1. The summed E-state index contributed by atoms with van der Waals surface area (Å²) in [6.45, 7) is 0. The van der Waals surface area contributed by atoms with E-state index in [1.54, 1.807) is 12.1 Å². The van der Waals surface area contributed by atoms with Gasteiger partial charge in [-0.15, -0.1) is 0 Å². The third-order valence-corrected chi connectivity index (χ3v) is 7.34. The van der Waals surface area contributed by atoms with Gasteiger partial charge in [-0.05, 0) is 62.5 Å². The first-order chi connectivity index (χ1) is 10.6. The largest absolute Gasteiger partial charge is 0.376 e. The Bertz CT molecular complexity index is 657. The topological polar surface area (TPSA) is 50.4 Å². The molecule has 1 aliphatic carbocycles. The molecule has 0 amide bonds. The van der Waals surface area contributed by atoms with Gasteiger partial charge in [-0.3, -0.25) is 0 Å². The number of aliphatic imine (C=N–C) groups is 1. The fourth-order valence-corrected chi connectivity index (χ4v) is 6.19. The molecule has 0 saturated heterocycles. The number of allylic oxidation sites excluding steroid dienone is 2. The van der Waals surface area contributed by atoms with Gasteiger partial charge in [0.1, 0.15) is 5.82 Å². The van der Waals surface area contributed by atoms with Gasteiger partial charge < -0.3 is 10.5 Å². The minimum atomic E-state index is -1.63. The van der Waals surface area contributed by atoms with Crippen molar-refractivity contribution in [1.29, 1.82) is 0 Å². The van der Waals surface area contributed by atoms with Crippen LogP contribution in [0.1, 0.15) is 32.1 Å². The molecule has 1 aromatic carbocycles. The lowest BCUT2D eigenvalue weighted by Gasteiger charge is -2.35. The van der Waals surface area contributed by atoms with Gasteiger partial charge in [0.2, 0.25) is 0 Å². The molecule has 0 fully saturated rings. The van der Waals surface area contributed by atoms with Crippen molar-refractivity contribution in [3.05, 3.63) is 35.7 Å². The van der Waals surface area contributed by atoms with Crippen LogP contribution < -0.4 is 10.5 Å². The summed E-state index contributed by atoms with van der Waals surface area (Å²) in [5.41, 5.74) is 9.94. The van der Waals surface area contributed by atoms with Crippen molar-refractivity contribution in [3.63, 3.8) is 0 Å². The summed E-state index contributed by atoms with van der Waals surface area (Å²) in [6.07, 6.45) is 8.19. The van der Waals surface area contributed by atoms with E-state index in [1.807, 2.05) is 5.55 Å². The first-order valence-corrected chi connectivity index (χ1v) is 9.76. The molecule has 0 radical (unpaired) electrons. The maximum Gasteiger partial charge on any atom is 0.173 e. The number of hydrogen-bond donors (Lipinski definition) is 2. The second-order valence-electron chi connectivity index (χ2n) is 5.67. The van der Waals surface area contributed by atoms with Gasteiger partial charge in [0.15, 0.2) is 5.11 Å². The Morgan fingerprint density at radius 3 is 3.00 bits per heavy atom. The van der Waals surface area contributed by atoms with Crippen LogP contribution in [0, 0.1) is 5.82 Å². The molecule has 1 unspecified atom stereocenters. The molecule has 1 aromatic rings. The lowest BCUT2D eigenvalue weighted by molar-refractivity contribution is 0.624. The van der Waals surface area contributed by atoms with Crippen molar-refractivity contribution in [2.24, 2.45) is 10.7 Å². The molecule has 6 heteroatoms. The number of nitrogens with one attached hydrogen (secondary N) is 1. The number of benzene rings is 1. The summed E-state index contributed by atoms with van der Waals surface area (Å²) >= 11 is 5.05. The third-order valence-electron chi connectivity index (χ3n) is 4.10. The zero-order valence-corrected chi connectivity index (χ0v) is 14.0. The fraction of sp³-hybridized carbons (Fsp3) is 0.375. The van der Waals surface area contributed by atoms with E-state index in [0.717, 1.165) is 29.2 Å². The Hall–Kier alpha value is -1.40. The predicted molar refractivity (Wildman–Crippen MR) is 96.4 cm³/mol. The van der Waals surface area contributed by atoms with Gasteiger partial charge in [-0.25, -0.2) is 9.38 Å². The highest BCUT2D eigenvalue weighted by molar-refractivity contribution is 8.43. The standard InChI is InChI=1S/C16H20FN3S2/c17-13-6-7-14-15(10-13)22(11-19-14,20-16(18)21)9-8-12-4-2-1-3-5-12/h4,6-7,10-11H,1-3,5,8-9H2,(H3,18,20,21). The van der Waals surface area contributed by atoms with Gasteiger partial charge in [0.25, 0.3) is 0 Å². The van der Waals surface area contributed by atoms with Crippen LogP contribution >= 0.6 is 22.4 Å². The molecule has 3 rings (SSSR count). The Morgan fingerprint density at radius 2 is 2.27 bits per heavy atom. The molecule has 1 heterocycles. The number of thiocarbonyl (C=S) groups is 1. The van der Waals surface area contributed by atoms with Crippen LogP contribution in [0.4, 0.5) is 10.1 Å². The van der Waals surface area contributed by atoms with E-state index in [0.29, 0.717) is 0 Å². The highest BCUT2D eigenvalue weighted by atomic mass is 32.3. The first-order valence-electron chi connectivity index (χ1n) is 7.49. The van der Waals surface area contributed by atoms with E-state index in [-0.39, 0.29) is 10.9 Å². The molecular weight excluding hydrogens is 317 g/mol. The first kappa shape index (κ1) is 15.5. The van der Waals surface area contributed by atoms with Gasteiger partial charge in [0.05, 0.1) is 11.2 Å². The number of nitrogens with two attached hydrogens (primary N) is 1. The lowest BCUT2D eigenvalue weighted by Crippen LogP contribution is -2.34. The van der Waals surface area contributed by atoms with Crippen molar-refractivity contribution >= 4 is 38.8 Å². The maximum atomic E-state index is 13.7. The maximum absolute atomic E-state index is 13.7. The van der Waals surface area contributed by atoms with Crippen LogP contribution in [0.2, 0.25) is 0 Å². The molecule has 118 valence electrons. The van der Waals surface area contributed by atoms with E-state index in [9.17, 15) is 4.39 Å². The summed E-state index contributed by atoms with van der Waals surface area (Å²) in [5.74, 6) is 0.610. The van der Waals surface area contributed by atoms with E-state index < -0.39 is 10.2 Å². The minimum Gasteiger partial charge on any atom is -0.376 e. The van der Waals surface area contributed by atoms with Crippen LogP contribution in [-0.2, 0) is 0 Å². The van der Waals surface area contributed by atoms with Crippen LogP contribution in [0.15, 0.2) is 39.7 Å². The van der Waals surface area contributed by atoms with E-state index in [4.69, 9.17) is 18.0 Å². The SMILES string of the molecule is NC(=S)NS1(CCC2=CCCCC2)C=Nc2ccc(F)cc21. The number of halogens is 1. The van der Waals surface area contributed by atoms with E-state index in [2.05, 4.69) is 15.8 Å². The molecule has 1 aliphatic heterocycles. The second-order valence-corrected chi connectivity index (χ2v) is 8.96. The highest BCUT2D eigenvalue weighted by Gasteiger charge is 2.32. The van der Waals surface area contributed by atoms with Crippen molar-refractivity contribution < 1.29 is 4.39 Å². The predicted octanol–water partition coefficient (Wildman–Crippen LogP) is 4.30. The number of rotatable bonds is 4. The van der Waals surface area contributed by atoms with Gasteiger partial charge >= 0.3 is 0 Å². The zero-order valence-electron chi connectivity index (χ0n) is 12.3. The monoisotopic (exact) mass is 337 g/mol. The summed E-state index contributed by atoms with van der Waals surface area (Å²) in [6, 6.07) is 4.73. The molecule has 0 spiro atoms. The summed E-state index contributed by atoms with van der Waals surface area (Å²) in [5, 5.41) is 0.246. The third kappa shape index (κ3) is 3.17. The van der Waals surface area contributed by atoms with Gasteiger partial charge in [-0.1, -0.05) is 21.9 Å². The normalized spacial score (nSPS) is 26.0. The highest BCUT2D eigenvalue weighted by Crippen LogP contribution is 2.58. The molecular formula is C16H20FN3S2. The van der Waals surface area contributed by atoms with Gasteiger partial charge in [-0.2, -0.15) is 0 Å². The summed E-state index contributed by atoms with van der Waals surface area (Å²) < 4.78 is 16.9. The van der Waals surface area contributed by atoms with E-state index in [1.165, 1.54) is 30.9 Å². The summed E-state index contributed by atoms with van der Waals surface area (Å²) in [7, 11) is -1.63. The molecule has 3 nitrogen and oxygen atoms in total. The van der Waals surface area contributed by atoms with Crippen molar-refractivity contribution in [2.75, 3.05) is 5.75 Å². The van der Waals surface area contributed by atoms with E-state index >= 15 is 0 Å². The van der Waals surface area contributed by atoms with Crippen molar-refractivity contribution in [1.82, 2.24) is 4.72 Å². The van der Waals surface area contributed by atoms with Crippen LogP contribution in [0.3, 0.4) is 0 Å². The molecule has 1 atom stereocenters. The zero-order chi connectivity index (χ0) is 15.6. The lowest BCUT2D eigenvalue weighted by atomic mass is 9.98. The van der Waals surface area contributed by atoms with Crippen LogP contribution in [-0.4, -0.2) is 16.4 Å². The van der Waals surface area contributed by atoms with Crippen LogP contribution in [0.5, 0.6) is 0 Å². The summed E-state index contributed by atoms with van der Waals surface area (Å²) in [4.78, 5) is 5.36.